The molecule has 4 rings (SSSR count). The summed E-state index contributed by atoms with van der Waals surface area (Å²) in [6, 6.07) is 7.29. The standard InChI is InChI=1S/C19H18N4O2.C2HF3O2/c24-18(13-2-1-7-20-10-13)21-8-5-12-11-23-16-4-3-15-14(17(12)16)6-9-22-19(15)25;3-2(4,5)1(6)7/h1-4,7,10-11,23H,5-6,8-9H2,(H,21,24)(H,22,25);(H,6,7). The highest BCUT2D eigenvalue weighted by Crippen LogP contribution is 2.28. The van der Waals surface area contributed by atoms with Crippen LogP contribution in [0.3, 0.4) is 0 Å². The Hall–Kier alpha value is -3.89. The lowest BCUT2D eigenvalue weighted by Crippen LogP contribution is -2.32. The van der Waals surface area contributed by atoms with Crippen LogP contribution in [0.15, 0.2) is 42.9 Å². The van der Waals surface area contributed by atoms with E-state index in [1.807, 2.05) is 18.3 Å². The highest BCUT2D eigenvalue weighted by molar-refractivity contribution is 6.03. The lowest BCUT2D eigenvalue weighted by molar-refractivity contribution is -0.192. The first-order valence-corrected chi connectivity index (χ1v) is 9.57. The molecule has 0 unspecified atom stereocenters. The minimum absolute atomic E-state index is 0.0137. The van der Waals surface area contributed by atoms with Crippen LogP contribution in [0.25, 0.3) is 10.9 Å². The molecule has 0 spiro atoms. The van der Waals surface area contributed by atoms with Gasteiger partial charge >= 0.3 is 12.1 Å². The number of benzene rings is 1. The summed E-state index contributed by atoms with van der Waals surface area (Å²) < 4.78 is 31.7. The molecule has 1 aliphatic rings. The van der Waals surface area contributed by atoms with Gasteiger partial charge in [0.1, 0.15) is 0 Å². The van der Waals surface area contributed by atoms with E-state index in [9.17, 15) is 22.8 Å². The summed E-state index contributed by atoms with van der Waals surface area (Å²) >= 11 is 0. The molecule has 32 heavy (non-hydrogen) atoms. The number of carbonyl (C=O) groups is 3. The number of aromatic amines is 1. The van der Waals surface area contributed by atoms with E-state index < -0.39 is 12.1 Å². The number of nitrogens with zero attached hydrogens (tertiary/aromatic N) is 1. The number of carboxylic acid groups (broad SMARTS) is 1. The van der Waals surface area contributed by atoms with Crippen LogP contribution in [0.4, 0.5) is 13.2 Å². The highest BCUT2D eigenvalue weighted by atomic mass is 19.4. The Morgan fingerprint density at radius 3 is 2.62 bits per heavy atom. The summed E-state index contributed by atoms with van der Waals surface area (Å²) in [6.45, 7) is 1.18. The van der Waals surface area contributed by atoms with Crippen molar-refractivity contribution in [2.75, 3.05) is 13.1 Å². The van der Waals surface area contributed by atoms with Gasteiger partial charge in [0, 0.05) is 48.1 Å². The summed E-state index contributed by atoms with van der Waals surface area (Å²) in [5.74, 6) is -2.90. The molecule has 8 nitrogen and oxygen atoms in total. The number of fused-ring (bicyclic) bond motifs is 3. The van der Waals surface area contributed by atoms with Crippen molar-refractivity contribution in [3.8, 4) is 0 Å². The van der Waals surface area contributed by atoms with Crippen LogP contribution in [0.1, 0.15) is 31.8 Å². The van der Waals surface area contributed by atoms with Gasteiger partial charge in [0.2, 0.25) is 0 Å². The first-order chi connectivity index (χ1) is 15.2. The van der Waals surface area contributed by atoms with E-state index in [-0.39, 0.29) is 11.8 Å². The number of rotatable bonds is 4. The molecule has 0 aliphatic carbocycles. The number of pyridine rings is 1. The monoisotopic (exact) mass is 448 g/mol. The Morgan fingerprint density at radius 2 is 1.97 bits per heavy atom. The van der Waals surface area contributed by atoms with E-state index in [1.165, 1.54) is 0 Å². The highest BCUT2D eigenvalue weighted by Gasteiger charge is 2.38. The maximum Gasteiger partial charge on any atom is 0.490 e. The number of H-pyrrole nitrogens is 1. The van der Waals surface area contributed by atoms with Gasteiger partial charge in [-0.2, -0.15) is 13.2 Å². The van der Waals surface area contributed by atoms with E-state index in [4.69, 9.17) is 9.90 Å². The number of carboxylic acids is 1. The first-order valence-electron chi connectivity index (χ1n) is 9.57. The van der Waals surface area contributed by atoms with E-state index in [0.717, 1.165) is 34.0 Å². The average Bonchev–Trinajstić information content (AvgIpc) is 3.18. The van der Waals surface area contributed by atoms with Crippen LogP contribution in [0.5, 0.6) is 0 Å². The summed E-state index contributed by atoms with van der Waals surface area (Å²) in [5.41, 5.74) is 4.54. The van der Waals surface area contributed by atoms with Crippen molar-refractivity contribution < 1.29 is 32.7 Å². The second kappa shape index (κ2) is 9.50. The second-order valence-electron chi connectivity index (χ2n) is 6.88. The van der Waals surface area contributed by atoms with E-state index in [2.05, 4.69) is 20.6 Å². The van der Waals surface area contributed by atoms with Gasteiger partial charge in [0.05, 0.1) is 5.56 Å². The van der Waals surface area contributed by atoms with Crippen LogP contribution in [-0.4, -0.2) is 52.1 Å². The molecule has 0 radical (unpaired) electrons. The molecule has 3 heterocycles. The van der Waals surface area contributed by atoms with Gasteiger partial charge in [-0.25, -0.2) is 4.79 Å². The molecule has 1 aliphatic heterocycles. The lowest BCUT2D eigenvalue weighted by atomic mass is 9.94. The molecule has 0 saturated carbocycles. The topological polar surface area (TPSA) is 124 Å². The Balaban J connectivity index is 0.000000360. The Kier molecular flexibility index (Phi) is 6.76. The van der Waals surface area contributed by atoms with Crippen LogP contribution in [-0.2, 0) is 17.6 Å². The van der Waals surface area contributed by atoms with Crippen molar-refractivity contribution in [2.24, 2.45) is 0 Å². The summed E-state index contributed by atoms with van der Waals surface area (Å²) in [4.78, 5) is 40.3. The van der Waals surface area contributed by atoms with E-state index in [1.54, 1.807) is 24.5 Å². The minimum Gasteiger partial charge on any atom is -0.475 e. The summed E-state index contributed by atoms with van der Waals surface area (Å²) in [5, 5.41) is 14.0. The van der Waals surface area contributed by atoms with Crippen LogP contribution < -0.4 is 10.6 Å². The van der Waals surface area contributed by atoms with Crippen molar-refractivity contribution in [1.29, 1.82) is 0 Å². The van der Waals surface area contributed by atoms with Crippen molar-refractivity contribution in [1.82, 2.24) is 20.6 Å². The van der Waals surface area contributed by atoms with E-state index >= 15 is 0 Å². The van der Waals surface area contributed by atoms with Crippen molar-refractivity contribution in [3.05, 3.63) is 65.1 Å². The Labute approximate surface area is 179 Å². The number of halogens is 3. The lowest BCUT2D eigenvalue weighted by Gasteiger charge is -2.18. The molecule has 1 aromatic carbocycles. The number of amides is 2. The molecule has 0 fully saturated rings. The predicted molar refractivity (Wildman–Crippen MR) is 108 cm³/mol. The second-order valence-corrected chi connectivity index (χ2v) is 6.88. The smallest absolute Gasteiger partial charge is 0.475 e. The molecule has 168 valence electrons. The number of aromatic nitrogens is 2. The number of hydrogen-bond donors (Lipinski definition) is 4. The fourth-order valence-corrected chi connectivity index (χ4v) is 3.35. The van der Waals surface area contributed by atoms with Gasteiger partial charge in [-0.1, -0.05) is 0 Å². The fourth-order valence-electron chi connectivity index (χ4n) is 3.35. The Bertz CT molecular complexity index is 1140. The normalized spacial score (nSPS) is 12.9. The maximum atomic E-state index is 12.1. The first kappa shape index (κ1) is 22.8. The molecular formula is C21H19F3N4O4. The fraction of sp³-hybridized carbons (Fsp3) is 0.238. The molecule has 0 saturated heterocycles. The average molecular weight is 448 g/mol. The van der Waals surface area contributed by atoms with Gasteiger partial charge in [0.15, 0.2) is 0 Å². The number of hydrogen-bond acceptors (Lipinski definition) is 4. The third-order valence-corrected chi connectivity index (χ3v) is 4.79. The van der Waals surface area contributed by atoms with Gasteiger partial charge < -0.3 is 20.7 Å². The number of nitrogens with one attached hydrogen (secondary N) is 3. The van der Waals surface area contributed by atoms with Crippen LogP contribution >= 0.6 is 0 Å². The molecular weight excluding hydrogens is 429 g/mol. The van der Waals surface area contributed by atoms with Crippen molar-refractivity contribution in [2.45, 2.75) is 19.0 Å². The molecule has 0 bridgehead atoms. The Morgan fingerprint density at radius 1 is 1.22 bits per heavy atom. The van der Waals surface area contributed by atoms with Crippen molar-refractivity contribution >= 4 is 28.7 Å². The van der Waals surface area contributed by atoms with Gasteiger partial charge in [0.25, 0.3) is 11.8 Å². The number of alkyl halides is 3. The van der Waals surface area contributed by atoms with Gasteiger partial charge in [-0.3, -0.25) is 14.6 Å². The molecule has 2 amide bonds. The molecule has 2 aromatic heterocycles. The number of aliphatic carboxylic acids is 1. The zero-order valence-electron chi connectivity index (χ0n) is 16.6. The van der Waals surface area contributed by atoms with Crippen LogP contribution in [0, 0.1) is 0 Å². The summed E-state index contributed by atoms with van der Waals surface area (Å²) in [6.07, 6.45) is 1.60. The quantitative estimate of drug-likeness (QED) is 0.488. The van der Waals surface area contributed by atoms with Gasteiger partial charge in [-0.15, -0.1) is 0 Å². The largest absolute Gasteiger partial charge is 0.490 e. The third-order valence-electron chi connectivity index (χ3n) is 4.79. The van der Waals surface area contributed by atoms with Crippen molar-refractivity contribution in [3.63, 3.8) is 0 Å². The minimum atomic E-state index is -5.08. The van der Waals surface area contributed by atoms with Crippen LogP contribution in [0.2, 0.25) is 0 Å². The van der Waals surface area contributed by atoms with Gasteiger partial charge in [-0.05, 0) is 48.2 Å². The zero-order valence-corrected chi connectivity index (χ0v) is 16.6. The molecule has 4 N–H and O–H groups in total. The SMILES string of the molecule is O=C(NCCc1c[nH]c2ccc3c(c12)CCNC3=O)c1cccnc1.O=C(O)C(F)(F)F. The maximum absolute atomic E-state index is 12.1. The van der Waals surface area contributed by atoms with E-state index in [0.29, 0.717) is 25.1 Å². The third kappa shape index (κ3) is 5.23. The number of carbonyl (C=O) groups excluding carboxylic acids is 2. The predicted octanol–water partition coefficient (Wildman–Crippen LogP) is 2.45. The molecule has 0 atom stereocenters. The molecule has 11 heteroatoms. The zero-order chi connectivity index (χ0) is 23.3. The summed E-state index contributed by atoms with van der Waals surface area (Å²) in [7, 11) is 0. The molecule has 3 aromatic rings.